The van der Waals surface area contributed by atoms with Gasteiger partial charge in [-0.2, -0.15) is 0 Å². The average Bonchev–Trinajstić information content (AvgIpc) is 2.47. The molecule has 98 valence electrons. The zero-order chi connectivity index (χ0) is 13.0. The molecule has 4 nitrogen and oxygen atoms in total. The number of anilines is 1. The highest BCUT2D eigenvalue weighted by molar-refractivity contribution is 5.83. The van der Waals surface area contributed by atoms with Crippen LogP contribution in [0.1, 0.15) is 20.3 Å². The number of ketones is 1. The van der Waals surface area contributed by atoms with Gasteiger partial charge < -0.3 is 4.90 Å². The van der Waals surface area contributed by atoms with Crippen LogP contribution in [0.15, 0.2) is 24.4 Å². The summed E-state index contributed by atoms with van der Waals surface area (Å²) in [6, 6.07) is 6.04. The van der Waals surface area contributed by atoms with Gasteiger partial charge in [0, 0.05) is 38.8 Å². The number of pyridine rings is 1. The van der Waals surface area contributed by atoms with E-state index in [1.165, 1.54) is 0 Å². The Morgan fingerprint density at radius 2 is 2.06 bits per heavy atom. The van der Waals surface area contributed by atoms with Gasteiger partial charge in [-0.1, -0.05) is 13.0 Å². The van der Waals surface area contributed by atoms with Crippen molar-refractivity contribution in [3.8, 4) is 0 Å². The van der Waals surface area contributed by atoms with E-state index in [4.69, 9.17) is 0 Å². The van der Waals surface area contributed by atoms with Crippen molar-refractivity contribution in [2.45, 2.75) is 26.3 Å². The number of aromatic nitrogens is 1. The van der Waals surface area contributed by atoms with Crippen molar-refractivity contribution in [1.29, 1.82) is 0 Å². The molecule has 0 spiro atoms. The average molecular weight is 247 g/mol. The maximum absolute atomic E-state index is 11.7. The normalized spacial score (nSPS) is 18.7. The Labute approximate surface area is 109 Å². The van der Waals surface area contributed by atoms with Crippen LogP contribution >= 0.6 is 0 Å². The molecular weight excluding hydrogens is 226 g/mol. The molecule has 0 bridgehead atoms. The molecule has 0 aliphatic carbocycles. The Bertz CT molecular complexity index is 385. The first-order valence-corrected chi connectivity index (χ1v) is 6.65. The molecular formula is C14H21N3O. The second-order valence-corrected chi connectivity index (χ2v) is 4.71. The monoisotopic (exact) mass is 247 g/mol. The van der Waals surface area contributed by atoms with Gasteiger partial charge in [0.15, 0.2) is 0 Å². The Morgan fingerprint density at radius 3 is 2.61 bits per heavy atom. The molecule has 0 radical (unpaired) electrons. The number of carbonyl (C=O) groups is 1. The molecule has 1 saturated heterocycles. The number of rotatable bonds is 4. The van der Waals surface area contributed by atoms with Crippen molar-refractivity contribution in [2.75, 3.05) is 31.1 Å². The topological polar surface area (TPSA) is 36.4 Å². The molecule has 1 aromatic heterocycles. The van der Waals surface area contributed by atoms with Gasteiger partial charge >= 0.3 is 0 Å². The van der Waals surface area contributed by atoms with Crippen LogP contribution in [-0.2, 0) is 4.79 Å². The lowest BCUT2D eigenvalue weighted by atomic mass is 10.1. The molecule has 18 heavy (non-hydrogen) atoms. The van der Waals surface area contributed by atoms with E-state index in [-0.39, 0.29) is 6.04 Å². The van der Waals surface area contributed by atoms with Crippen LogP contribution in [0, 0.1) is 0 Å². The molecule has 2 rings (SSSR count). The molecule has 1 aliphatic heterocycles. The van der Waals surface area contributed by atoms with E-state index in [0.717, 1.165) is 32.0 Å². The van der Waals surface area contributed by atoms with Crippen LogP contribution in [0.3, 0.4) is 0 Å². The maximum atomic E-state index is 11.7. The van der Waals surface area contributed by atoms with Gasteiger partial charge in [0.25, 0.3) is 0 Å². The Balaban J connectivity index is 1.90. The van der Waals surface area contributed by atoms with E-state index in [9.17, 15) is 4.79 Å². The fraction of sp³-hybridized carbons (Fsp3) is 0.571. The smallest absolute Gasteiger partial charge is 0.149 e. The zero-order valence-corrected chi connectivity index (χ0v) is 11.2. The van der Waals surface area contributed by atoms with Gasteiger partial charge in [0.05, 0.1) is 6.04 Å². The number of carbonyl (C=O) groups excluding carboxylic acids is 1. The highest BCUT2D eigenvalue weighted by atomic mass is 16.1. The summed E-state index contributed by atoms with van der Waals surface area (Å²) in [6.07, 6.45) is 2.45. The molecule has 1 unspecified atom stereocenters. The predicted molar refractivity (Wildman–Crippen MR) is 72.8 cm³/mol. The van der Waals surface area contributed by atoms with Crippen molar-refractivity contribution in [1.82, 2.24) is 9.88 Å². The van der Waals surface area contributed by atoms with Gasteiger partial charge in [-0.3, -0.25) is 9.69 Å². The lowest BCUT2D eigenvalue weighted by molar-refractivity contribution is -0.123. The van der Waals surface area contributed by atoms with Crippen molar-refractivity contribution in [2.24, 2.45) is 0 Å². The van der Waals surface area contributed by atoms with Gasteiger partial charge in [-0.25, -0.2) is 4.98 Å². The Kier molecular flexibility index (Phi) is 4.31. The van der Waals surface area contributed by atoms with Crippen molar-refractivity contribution >= 4 is 11.6 Å². The molecule has 2 heterocycles. The summed E-state index contributed by atoms with van der Waals surface area (Å²) in [5, 5.41) is 0. The highest BCUT2D eigenvalue weighted by Gasteiger charge is 2.24. The van der Waals surface area contributed by atoms with Crippen LogP contribution in [0.2, 0.25) is 0 Å². The van der Waals surface area contributed by atoms with E-state index in [2.05, 4.69) is 14.8 Å². The van der Waals surface area contributed by atoms with E-state index in [1.54, 1.807) is 0 Å². The number of Topliss-reactive ketones (excluding diaryl/α,β-unsaturated/α-hetero) is 1. The van der Waals surface area contributed by atoms with E-state index in [1.807, 2.05) is 38.2 Å². The van der Waals surface area contributed by atoms with Gasteiger partial charge in [0.2, 0.25) is 0 Å². The Hall–Kier alpha value is -1.42. The second kappa shape index (κ2) is 5.96. The van der Waals surface area contributed by atoms with Crippen molar-refractivity contribution in [3.05, 3.63) is 24.4 Å². The predicted octanol–water partition coefficient (Wildman–Crippen LogP) is 1.57. The SMILES string of the molecule is CCC(=O)C(C)N1CCN(c2ccccn2)CC1. The number of piperazine rings is 1. The number of hydrogen-bond acceptors (Lipinski definition) is 4. The fourth-order valence-corrected chi connectivity index (χ4v) is 2.38. The molecule has 0 N–H and O–H groups in total. The minimum atomic E-state index is 0.0564. The lowest BCUT2D eigenvalue weighted by Crippen LogP contribution is -2.51. The summed E-state index contributed by atoms with van der Waals surface area (Å²) >= 11 is 0. The van der Waals surface area contributed by atoms with Crippen molar-refractivity contribution < 1.29 is 4.79 Å². The Morgan fingerprint density at radius 1 is 1.33 bits per heavy atom. The van der Waals surface area contributed by atoms with E-state index in [0.29, 0.717) is 12.2 Å². The molecule has 1 aromatic rings. The molecule has 4 heteroatoms. The summed E-state index contributed by atoms with van der Waals surface area (Å²) in [6.45, 7) is 7.70. The third-order valence-corrected chi connectivity index (χ3v) is 3.65. The van der Waals surface area contributed by atoms with Crippen LogP contribution in [0.5, 0.6) is 0 Å². The summed E-state index contributed by atoms with van der Waals surface area (Å²) in [5.74, 6) is 1.37. The third kappa shape index (κ3) is 2.88. The van der Waals surface area contributed by atoms with Gasteiger partial charge in [-0.05, 0) is 19.1 Å². The first-order chi connectivity index (χ1) is 8.72. The summed E-state index contributed by atoms with van der Waals surface area (Å²) in [7, 11) is 0. The maximum Gasteiger partial charge on any atom is 0.149 e. The third-order valence-electron chi connectivity index (χ3n) is 3.65. The second-order valence-electron chi connectivity index (χ2n) is 4.71. The van der Waals surface area contributed by atoms with Gasteiger partial charge in [0.1, 0.15) is 11.6 Å². The van der Waals surface area contributed by atoms with E-state index >= 15 is 0 Å². The van der Waals surface area contributed by atoms with Crippen LogP contribution < -0.4 is 4.90 Å². The molecule has 0 aromatic carbocycles. The van der Waals surface area contributed by atoms with Crippen LogP contribution in [0.4, 0.5) is 5.82 Å². The summed E-state index contributed by atoms with van der Waals surface area (Å²) < 4.78 is 0. The lowest BCUT2D eigenvalue weighted by Gasteiger charge is -2.37. The van der Waals surface area contributed by atoms with Crippen LogP contribution in [0.25, 0.3) is 0 Å². The number of nitrogens with zero attached hydrogens (tertiary/aromatic N) is 3. The zero-order valence-electron chi connectivity index (χ0n) is 11.2. The quantitative estimate of drug-likeness (QED) is 0.809. The van der Waals surface area contributed by atoms with Gasteiger partial charge in [-0.15, -0.1) is 0 Å². The first-order valence-electron chi connectivity index (χ1n) is 6.65. The summed E-state index contributed by atoms with van der Waals surface area (Å²) in [4.78, 5) is 20.6. The van der Waals surface area contributed by atoms with E-state index < -0.39 is 0 Å². The minimum absolute atomic E-state index is 0.0564. The summed E-state index contributed by atoms with van der Waals surface area (Å²) in [5.41, 5.74) is 0. The van der Waals surface area contributed by atoms with Crippen molar-refractivity contribution in [3.63, 3.8) is 0 Å². The van der Waals surface area contributed by atoms with Crippen LogP contribution in [-0.4, -0.2) is 47.9 Å². The highest BCUT2D eigenvalue weighted by Crippen LogP contribution is 2.14. The molecule has 1 aliphatic rings. The molecule has 1 atom stereocenters. The fourth-order valence-electron chi connectivity index (χ4n) is 2.38. The minimum Gasteiger partial charge on any atom is -0.354 e. The molecule has 0 amide bonds. The number of hydrogen-bond donors (Lipinski definition) is 0. The largest absolute Gasteiger partial charge is 0.354 e. The molecule has 1 fully saturated rings. The standard InChI is InChI=1S/C14H21N3O/c1-3-13(18)12(2)16-8-10-17(11-9-16)14-6-4-5-7-15-14/h4-7,12H,3,8-11H2,1-2H3. The first kappa shape index (κ1) is 13.0. The molecule has 0 saturated carbocycles.